The van der Waals surface area contributed by atoms with Crippen molar-refractivity contribution in [1.82, 2.24) is 4.90 Å². The van der Waals surface area contributed by atoms with Crippen LogP contribution in [0.25, 0.3) is 0 Å². The quantitative estimate of drug-likeness (QED) is 0.713. The summed E-state index contributed by atoms with van der Waals surface area (Å²) in [6.07, 6.45) is 3.01. The molecule has 1 heterocycles. The molecule has 14 heavy (non-hydrogen) atoms. The lowest BCUT2D eigenvalue weighted by molar-refractivity contribution is -0.129. The molecular formula is C11H20BrNO. The van der Waals surface area contributed by atoms with Crippen molar-refractivity contribution in [3.05, 3.63) is 0 Å². The van der Waals surface area contributed by atoms with Crippen LogP contribution in [-0.4, -0.2) is 28.2 Å². The highest BCUT2D eigenvalue weighted by Gasteiger charge is 2.30. The van der Waals surface area contributed by atoms with Crippen molar-refractivity contribution < 1.29 is 4.79 Å². The van der Waals surface area contributed by atoms with E-state index in [0.29, 0.717) is 23.2 Å². The van der Waals surface area contributed by atoms with Gasteiger partial charge >= 0.3 is 0 Å². The fourth-order valence-corrected chi connectivity index (χ4v) is 2.43. The van der Waals surface area contributed by atoms with Gasteiger partial charge in [0.2, 0.25) is 5.91 Å². The maximum absolute atomic E-state index is 11.6. The number of halogens is 1. The van der Waals surface area contributed by atoms with E-state index in [9.17, 15) is 4.79 Å². The third-order valence-electron chi connectivity index (χ3n) is 2.81. The molecule has 3 heteroatoms. The molecule has 2 nitrogen and oxygen atoms in total. The Morgan fingerprint density at radius 3 is 2.50 bits per heavy atom. The molecule has 0 bridgehead atoms. The Morgan fingerprint density at radius 2 is 2.07 bits per heavy atom. The van der Waals surface area contributed by atoms with Crippen molar-refractivity contribution >= 4 is 21.8 Å². The average molecular weight is 262 g/mol. The summed E-state index contributed by atoms with van der Waals surface area (Å²) in [5.74, 6) is 1.04. The maximum atomic E-state index is 11.6. The first kappa shape index (κ1) is 12.0. The van der Waals surface area contributed by atoms with Gasteiger partial charge in [-0.05, 0) is 25.7 Å². The van der Waals surface area contributed by atoms with E-state index in [1.165, 1.54) is 6.42 Å². The molecule has 2 unspecified atom stereocenters. The van der Waals surface area contributed by atoms with Gasteiger partial charge in [0.15, 0.2) is 0 Å². The second-order valence-corrected chi connectivity index (χ2v) is 5.96. The standard InChI is InChI=1S/C11H20BrNO/c1-8(2)4-5-9(3)13-7-10(12)6-11(13)14/h8-10H,4-7H2,1-3H3. The van der Waals surface area contributed by atoms with Gasteiger partial charge in [-0.3, -0.25) is 4.79 Å². The number of hydrogen-bond acceptors (Lipinski definition) is 1. The zero-order valence-electron chi connectivity index (χ0n) is 9.29. The summed E-state index contributed by atoms with van der Waals surface area (Å²) in [4.78, 5) is 14.0. The molecule has 0 aromatic rings. The van der Waals surface area contributed by atoms with Crippen LogP contribution in [0.15, 0.2) is 0 Å². The highest BCUT2D eigenvalue weighted by molar-refractivity contribution is 9.09. The predicted octanol–water partition coefficient (Wildman–Crippen LogP) is 2.81. The first-order valence-corrected chi connectivity index (χ1v) is 6.35. The first-order chi connectivity index (χ1) is 6.50. The van der Waals surface area contributed by atoms with Crippen LogP contribution in [0, 0.1) is 5.92 Å². The largest absolute Gasteiger partial charge is 0.339 e. The van der Waals surface area contributed by atoms with Crippen molar-refractivity contribution in [2.75, 3.05) is 6.54 Å². The normalized spacial score (nSPS) is 24.8. The summed E-state index contributed by atoms with van der Waals surface area (Å²) >= 11 is 3.50. The highest BCUT2D eigenvalue weighted by Crippen LogP contribution is 2.22. The minimum absolute atomic E-state index is 0.308. The molecule has 0 saturated carbocycles. The fraction of sp³-hybridized carbons (Fsp3) is 0.909. The molecule has 0 spiro atoms. The number of nitrogens with zero attached hydrogens (tertiary/aromatic N) is 1. The molecule has 0 radical (unpaired) electrons. The van der Waals surface area contributed by atoms with E-state index in [0.717, 1.165) is 18.9 Å². The molecule has 1 fully saturated rings. The van der Waals surface area contributed by atoms with Crippen molar-refractivity contribution in [2.45, 2.75) is 50.9 Å². The molecule has 1 rings (SSSR count). The number of alkyl halides is 1. The zero-order chi connectivity index (χ0) is 10.7. The van der Waals surface area contributed by atoms with Crippen LogP contribution in [0.2, 0.25) is 0 Å². The van der Waals surface area contributed by atoms with Crippen LogP contribution < -0.4 is 0 Å². The van der Waals surface area contributed by atoms with Gasteiger partial charge in [0.25, 0.3) is 0 Å². The lowest BCUT2D eigenvalue weighted by Crippen LogP contribution is -2.34. The predicted molar refractivity (Wildman–Crippen MR) is 62.6 cm³/mol. The Morgan fingerprint density at radius 1 is 1.43 bits per heavy atom. The van der Waals surface area contributed by atoms with Crippen LogP contribution >= 0.6 is 15.9 Å². The number of likely N-dealkylation sites (tertiary alicyclic amines) is 1. The van der Waals surface area contributed by atoms with Crippen LogP contribution in [0.1, 0.15) is 40.0 Å². The maximum Gasteiger partial charge on any atom is 0.224 e. The van der Waals surface area contributed by atoms with Gasteiger partial charge in [0.05, 0.1) is 0 Å². The summed E-state index contributed by atoms with van der Waals surface area (Å²) in [6, 6.07) is 0.410. The van der Waals surface area contributed by atoms with Crippen molar-refractivity contribution in [1.29, 1.82) is 0 Å². The van der Waals surface area contributed by atoms with E-state index < -0.39 is 0 Å². The molecule has 1 amide bonds. The number of rotatable bonds is 4. The number of amides is 1. The summed E-state index contributed by atoms with van der Waals surface area (Å²) in [5.41, 5.74) is 0. The van der Waals surface area contributed by atoms with E-state index >= 15 is 0 Å². The summed E-state index contributed by atoms with van der Waals surface area (Å²) in [6.45, 7) is 7.50. The Hall–Kier alpha value is -0.0500. The SMILES string of the molecule is CC(C)CCC(C)N1CC(Br)CC1=O. The molecule has 2 atom stereocenters. The number of carbonyl (C=O) groups excluding carboxylic acids is 1. The first-order valence-electron chi connectivity index (χ1n) is 5.44. The Bertz CT molecular complexity index is 205. The summed E-state index contributed by atoms with van der Waals surface area (Å²) < 4.78 is 0. The minimum Gasteiger partial charge on any atom is -0.339 e. The molecular weight excluding hydrogens is 242 g/mol. The minimum atomic E-state index is 0.308. The fourth-order valence-electron chi connectivity index (χ4n) is 1.84. The highest BCUT2D eigenvalue weighted by atomic mass is 79.9. The number of carbonyl (C=O) groups is 1. The van der Waals surface area contributed by atoms with E-state index in [1.54, 1.807) is 0 Å². The van der Waals surface area contributed by atoms with E-state index in [-0.39, 0.29) is 0 Å². The van der Waals surface area contributed by atoms with Crippen LogP contribution in [0.3, 0.4) is 0 Å². The summed E-state index contributed by atoms with van der Waals surface area (Å²) in [7, 11) is 0. The number of hydrogen-bond donors (Lipinski definition) is 0. The van der Waals surface area contributed by atoms with Crippen molar-refractivity contribution in [2.24, 2.45) is 5.92 Å². The topological polar surface area (TPSA) is 20.3 Å². The average Bonchev–Trinajstić information content (AvgIpc) is 2.41. The Labute approximate surface area is 95.2 Å². The van der Waals surface area contributed by atoms with Crippen LogP contribution in [0.5, 0.6) is 0 Å². The molecule has 0 aromatic carbocycles. The van der Waals surface area contributed by atoms with Gasteiger partial charge in [-0.1, -0.05) is 29.8 Å². The van der Waals surface area contributed by atoms with Gasteiger partial charge in [0, 0.05) is 23.8 Å². The van der Waals surface area contributed by atoms with Gasteiger partial charge < -0.3 is 4.90 Å². The van der Waals surface area contributed by atoms with Crippen molar-refractivity contribution in [3.63, 3.8) is 0 Å². The van der Waals surface area contributed by atoms with Crippen molar-refractivity contribution in [3.8, 4) is 0 Å². The van der Waals surface area contributed by atoms with E-state index in [4.69, 9.17) is 0 Å². The molecule has 1 aliphatic heterocycles. The third kappa shape index (κ3) is 3.26. The lowest BCUT2D eigenvalue weighted by Gasteiger charge is -2.25. The lowest BCUT2D eigenvalue weighted by atomic mass is 10.0. The molecule has 0 aromatic heterocycles. The van der Waals surface area contributed by atoms with Gasteiger partial charge in [-0.2, -0.15) is 0 Å². The van der Waals surface area contributed by atoms with Gasteiger partial charge in [-0.15, -0.1) is 0 Å². The van der Waals surface area contributed by atoms with E-state index in [1.807, 2.05) is 4.90 Å². The van der Waals surface area contributed by atoms with E-state index in [2.05, 4.69) is 36.7 Å². The van der Waals surface area contributed by atoms with Crippen LogP contribution in [0.4, 0.5) is 0 Å². The van der Waals surface area contributed by atoms with Gasteiger partial charge in [0.1, 0.15) is 0 Å². The third-order valence-corrected chi connectivity index (χ3v) is 3.42. The molecule has 0 N–H and O–H groups in total. The second-order valence-electron chi connectivity index (χ2n) is 4.67. The van der Waals surface area contributed by atoms with Gasteiger partial charge in [-0.25, -0.2) is 0 Å². The molecule has 1 aliphatic rings. The zero-order valence-corrected chi connectivity index (χ0v) is 10.9. The monoisotopic (exact) mass is 261 g/mol. The summed E-state index contributed by atoms with van der Waals surface area (Å²) in [5, 5.41) is 0. The Balaban J connectivity index is 2.37. The van der Waals surface area contributed by atoms with Crippen LogP contribution in [-0.2, 0) is 4.79 Å². The molecule has 1 saturated heterocycles. The smallest absolute Gasteiger partial charge is 0.224 e. The Kier molecular flexibility index (Phi) is 4.42. The molecule has 0 aliphatic carbocycles. The second kappa shape index (κ2) is 5.15. The molecule has 82 valence electrons.